The molecule has 0 saturated carbocycles. The van der Waals surface area contributed by atoms with Gasteiger partial charge in [-0.2, -0.15) is 0 Å². The summed E-state index contributed by atoms with van der Waals surface area (Å²) >= 11 is 0. The molecule has 1 atom stereocenters. The molecule has 4 fully saturated rings. The normalized spacial score (nSPS) is 29.9. The number of ether oxygens (including phenoxy) is 1. The first-order valence-corrected chi connectivity index (χ1v) is 9.73. The summed E-state index contributed by atoms with van der Waals surface area (Å²) in [6, 6.07) is 0. The molecular formula is C18H30N4O3. The maximum Gasteiger partial charge on any atom is 0.227 e. The predicted molar refractivity (Wildman–Crippen MR) is 93.1 cm³/mol. The molecular weight excluding hydrogens is 320 g/mol. The van der Waals surface area contributed by atoms with Gasteiger partial charge < -0.3 is 19.9 Å². The van der Waals surface area contributed by atoms with Gasteiger partial charge in [0.25, 0.3) is 0 Å². The van der Waals surface area contributed by atoms with Crippen LogP contribution in [0.4, 0.5) is 0 Å². The average Bonchev–Trinajstić information content (AvgIpc) is 3.00. The van der Waals surface area contributed by atoms with E-state index in [1.54, 1.807) is 0 Å². The van der Waals surface area contributed by atoms with Crippen molar-refractivity contribution in [1.29, 1.82) is 0 Å². The standard InChI is InChI=1S/C18H30N4O3/c23-16-11-15(12-22(16)6-5-20-7-9-25-10-8-20)17(24)21-3-1-18(2-4-21)13-19-14-18/h15,19H,1-14H2. The largest absolute Gasteiger partial charge is 0.379 e. The number of hydrogen-bond acceptors (Lipinski definition) is 5. The fourth-order valence-electron chi connectivity index (χ4n) is 4.53. The average molecular weight is 350 g/mol. The van der Waals surface area contributed by atoms with Crippen LogP contribution in [0, 0.1) is 11.3 Å². The summed E-state index contributed by atoms with van der Waals surface area (Å²) in [5.74, 6) is 0.207. The van der Waals surface area contributed by atoms with Crippen LogP contribution in [0.5, 0.6) is 0 Å². The third-order valence-corrected chi connectivity index (χ3v) is 6.49. The number of morpholine rings is 1. The Morgan fingerprint density at radius 1 is 1.12 bits per heavy atom. The van der Waals surface area contributed by atoms with Crippen molar-refractivity contribution >= 4 is 11.8 Å². The Hall–Kier alpha value is -1.18. The highest BCUT2D eigenvalue weighted by atomic mass is 16.5. The zero-order valence-corrected chi connectivity index (χ0v) is 15.0. The highest BCUT2D eigenvalue weighted by Gasteiger charge is 2.43. The molecule has 0 bridgehead atoms. The maximum absolute atomic E-state index is 12.8. The van der Waals surface area contributed by atoms with Crippen molar-refractivity contribution in [2.75, 3.05) is 72.1 Å². The molecule has 25 heavy (non-hydrogen) atoms. The van der Waals surface area contributed by atoms with Gasteiger partial charge in [0.15, 0.2) is 0 Å². The Bertz CT molecular complexity index is 506. The number of carbonyl (C=O) groups is 2. The van der Waals surface area contributed by atoms with Crippen molar-refractivity contribution in [2.45, 2.75) is 19.3 Å². The van der Waals surface area contributed by atoms with Gasteiger partial charge >= 0.3 is 0 Å². The molecule has 4 aliphatic heterocycles. The molecule has 0 aromatic carbocycles. The van der Waals surface area contributed by atoms with Crippen LogP contribution in [-0.4, -0.2) is 98.6 Å². The van der Waals surface area contributed by atoms with Crippen LogP contribution in [0.15, 0.2) is 0 Å². The van der Waals surface area contributed by atoms with E-state index >= 15 is 0 Å². The molecule has 2 amide bonds. The van der Waals surface area contributed by atoms with Gasteiger partial charge in [-0.05, 0) is 18.3 Å². The highest BCUT2D eigenvalue weighted by Crippen LogP contribution is 2.35. The van der Waals surface area contributed by atoms with Crippen molar-refractivity contribution in [2.24, 2.45) is 11.3 Å². The van der Waals surface area contributed by atoms with Gasteiger partial charge in [-0.1, -0.05) is 0 Å². The smallest absolute Gasteiger partial charge is 0.227 e. The zero-order valence-electron chi connectivity index (χ0n) is 15.0. The number of hydrogen-bond donors (Lipinski definition) is 1. The van der Waals surface area contributed by atoms with E-state index in [2.05, 4.69) is 10.2 Å². The first kappa shape index (κ1) is 17.2. The lowest BCUT2D eigenvalue weighted by atomic mass is 9.73. The number of rotatable bonds is 4. The lowest BCUT2D eigenvalue weighted by Gasteiger charge is -2.48. The van der Waals surface area contributed by atoms with Crippen LogP contribution >= 0.6 is 0 Å². The Labute approximate surface area is 149 Å². The van der Waals surface area contributed by atoms with E-state index in [1.165, 1.54) is 0 Å². The zero-order chi connectivity index (χ0) is 17.3. The second kappa shape index (κ2) is 7.21. The summed E-state index contributed by atoms with van der Waals surface area (Å²) < 4.78 is 5.36. The minimum absolute atomic E-state index is 0.134. The van der Waals surface area contributed by atoms with Crippen molar-refractivity contribution in [3.05, 3.63) is 0 Å². The minimum atomic E-state index is -0.134. The first-order chi connectivity index (χ1) is 12.2. The lowest BCUT2D eigenvalue weighted by molar-refractivity contribution is -0.138. The van der Waals surface area contributed by atoms with E-state index in [4.69, 9.17) is 4.74 Å². The van der Waals surface area contributed by atoms with Gasteiger partial charge in [0.05, 0.1) is 19.1 Å². The van der Waals surface area contributed by atoms with Crippen molar-refractivity contribution in [3.63, 3.8) is 0 Å². The van der Waals surface area contributed by atoms with Gasteiger partial charge in [0.1, 0.15) is 0 Å². The molecule has 0 aliphatic carbocycles. The summed E-state index contributed by atoms with van der Waals surface area (Å²) in [5.41, 5.74) is 0.451. The molecule has 7 heteroatoms. The number of nitrogens with zero attached hydrogens (tertiary/aromatic N) is 3. The van der Waals surface area contributed by atoms with E-state index < -0.39 is 0 Å². The molecule has 4 rings (SSSR count). The van der Waals surface area contributed by atoms with Crippen LogP contribution in [0.2, 0.25) is 0 Å². The number of nitrogens with one attached hydrogen (secondary N) is 1. The molecule has 4 aliphatic rings. The van der Waals surface area contributed by atoms with E-state index in [1.807, 2.05) is 9.80 Å². The number of carbonyl (C=O) groups excluding carboxylic acids is 2. The first-order valence-electron chi connectivity index (χ1n) is 9.73. The molecule has 7 nitrogen and oxygen atoms in total. The Morgan fingerprint density at radius 3 is 2.48 bits per heavy atom. The molecule has 0 aromatic heterocycles. The molecule has 4 saturated heterocycles. The Balaban J connectivity index is 1.24. The summed E-state index contributed by atoms with van der Waals surface area (Å²) in [5, 5.41) is 3.36. The predicted octanol–water partition coefficient (Wildman–Crippen LogP) is -0.621. The summed E-state index contributed by atoms with van der Waals surface area (Å²) in [4.78, 5) is 31.4. The monoisotopic (exact) mass is 350 g/mol. The minimum Gasteiger partial charge on any atom is -0.379 e. The second-order valence-corrected chi connectivity index (χ2v) is 8.12. The number of likely N-dealkylation sites (tertiary alicyclic amines) is 2. The molecule has 4 heterocycles. The van der Waals surface area contributed by atoms with Crippen LogP contribution in [0.25, 0.3) is 0 Å². The summed E-state index contributed by atoms with van der Waals surface area (Å²) in [6.07, 6.45) is 2.60. The van der Waals surface area contributed by atoms with Crippen LogP contribution in [-0.2, 0) is 14.3 Å². The van der Waals surface area contributed by atoms with Gasteiger partial charge in [-0.3, -0.25) is 14.5 Å². The molecule has 140 valence electrons. The Kier molecular flexibility index (Phi) is 4.97. The van der Waals surface area contributed by atoms with Gasteiger partial charge in [0.2, 0.25) is 11.8 Å². The fourth-order valence-corrected chi connectivity index (χ4v) is 4.53. The summed E-state index contributed by atoms with van der Waals surface area (Å²) in [6.45, 7) is 9.58. The summed E-state index contributed by atoms with van der Waals surface area (Å²) in [7, 11) is 0. The highest BCUT2D eigenvalue weighted by molar-refractivity contribution is 5.89. The third kappa shape index (κ3) is 3.68. The molecule has 1 N–H and O–H groups in total. The topological polar surface area (TPSA) is 65.1 Å². The number of amides is 2. The van der Waals surface area contributed by atoms with E-state index in [0.29, 0.717) is 18.4 Å². The lowest BCUT2D eigenvalue weighted by Crippen LogP contribution is -2.59. The fraction of sp³-hybridized carbons (Fsp3) is 0.889. The van der Waals surface area contributed by atoms with Crippen LogP contribution in [0.1, 0.15) is 19.3 Å². The van der Waals surface area contributed by atoms with Crippen LogP contribution in [0.3, 0.4) is 0 Å². The van der Waals surface area contributed by atoms with Crippen molar-refractivity contribution in [1.82, 2.24) is 20.0 Å². The maximum atomic E-state index is 12.8. The molecule has 0 aromatic rings. The van der Waals surface area contributed by atoms with Gasteiger partial charge in [0, 0.05) is 65.3 Å². The molecule has 1 spiro atoms. The third-order valence-electron chi connectivity index (χ3n) is 6.49. The molecule has 0 radical (unpaired) electrons. The van der Waals surface area contributed by atoms with Gasteiger partial charge in [-0.15, -0.1) is 0 Å². The van der Waals surface area contributed by atoms with Crippen molar-refractivity contribution in [3.8, 4) is 0 Å². The van der Waals surface area contributed by atoms with E-state index in [0.717, 1.165) is 78.4 Å². The quantitative estimate of drug-likeness (QED) is 0.732. The van der Waals surface area contributed by atoms with Crippen molar-refractivity contribution < 1.29 is 14.3 Å². The van der Waals surface area contributed by atoms with E-state index in [9.17, 15) is 9.59 Å². The Morgan fingerprint density at radius 2 is 1.84 bits per heavy atom. The number of piperidine rings is 1. The second-order valence-electron chi connectivity index (χ2n) is 8.12. The molecule has 1 unspecified atom stereocenters. The van der Waals surface area contributed by atoms with Gasteiger partial charge in [-0.25, -0.2) is 0 Å². The van der Waals surface area contributed by atoms with Crippen LogP contribution < -0.4 is 5.32 Å². The van der Waals surface area contributed by atoms with E-state index in [-0.39, 0.29) is 17.7 Å². The SMILES string of the molecule is O=C1CC(C(=O)N2CCC3(CC2)CNC3)CN1CCN1CCOCC1.